The number of hydrogen-bond donors (Lipinski definition) is 3. The van der Waals surface area contributed by atoms with Gasteiger partial charge in [-0.3, -0.25) is 14.9 Å². The molecule has 0 aliphatic carbocycles. The molecule has 29 heavy (non-hydrogen) atoms. The molecule has 0 unspecified atom stereocenters. The van der Waals surface area contributed by atoms with Crippen molar-refractivity contribution in [3.63, 3.8) is 0 Å². The minimum absolute atomic E-state index is 0.0426. The summed E-state index contributed by atoms with van der Waals surface area (Å²) in [7, 11) is 1.72. The molecule has 1 aromatic heterocycles. The average Bonchev–Trinajstić information content (AvgIpc) is 3.01. The van der Waals surface area contributed by atoms with Crippen LogP contribution in [0.3, 0.4) is 0 Å². The van der Waals surface area contributed by atoms with E-state index >= 15 is 0 Å². The molecule has 154 valence electrons. The fraction of sp³-hybridized carbons (Fsp3) is 0.316. The van der Waals surface area contributed by atoms with Gasteiger partial charge in [-0.15, -0.1) is 0 Å². The zero-order valence-electron chi connectivity index (χ0n) is 16.4. The van der Waals surface area contributed by atoms with Gasteiger partial charge in [0.15, 0.2) is 5.13 Å². The molecule has 0 spiro atoms. The lowest BCUT2D eigenvalue weighted by molar-refractivity contribution is -0.128. The van der Waals surface area contributed by atoms with Crippen LogP contribution in [0.1, 0.15) is 30.0 Å². The van der Waals surface area contributed by atoms with Crippen LogP contribution >= 0.6 is 11.3 Å². The van der Waals surface area contributed by atoms with E-state index in [9.17, 15) is 14.4 Å². The normalized spacial score (nSPS) is 10.7. The first-order valence-corrected chi connectivity index (χ1v) is 9.65. The highest BCUT2D eigenvalue weighted by molar-refractivity contribution is 7.15. The van der Waals surface area contributed by atoms with Crippen molar-refractivity contribution in [3.8, 4) is 0 Å². The third-order valence-electron chi connectivity index (χ3n) is 3.97. The van der Waals surface area contributed by atoms with E-state index < -0.39 is 6.09 Å². The van der Waals surface area contributed by atoms with Crippen LogP contribution in [0.5, 0.6) is 0 Å². The Hall–Kier alpha value is -3.27. The predicted molar refractivity (Wildman–Crippen MR) is 112 cm³/mol. The Morgan fingerprint density at radius 2 is 1.90 bits per heavy atom. The smallest absolute Gasteiger partial charge is 0.409 e. The van der Waals surface area contributed by atoms with Crippen LogP contribution in [0.15, 0.2) is 29.3 Å². The van der Waals surface area contributed by atoms with Gasteiger partial charge in [-0.05, 0) is 30.5 Å². The molecule has 9 nitrogen and oxygen atoms in total. The standard InChI is InChI=1S/C19H23N5O4S/c1-12(25)22-18-23-16(17(29-18)10-24(3)13(2)26)9-6-14-4-7-15(8-5-14)20-11-21-19(27)28/h4-5,7-8,11H,6,9-10H2,1-3H3,(H,20,21)(H,27,28)(H,22,23,25). The molecule has 0 atom stereocenters. The number of anilines is 1. The predicted octanol–water partition coefficient (Wildman–Crippen LogP) is 2.79. The number of aliphatic imine (C=N–C) groups is 1. The minimum atomic E-state index is -1.17. The number of amides is 3. The lowest BCUT2D eigenvalue weighted by Gasteiger charge is -2.14. The number of benzene rings is 1. The minimum Gasteiger partial charge on any atom is -0.465 e. The van der Waals surface area contributed by atoms with Gasteiger partial charge in [0, 0.05) is 25.8 Å². The molecule has 1 heterocycles. The molecule has 0 fully saturated rings. The van der Waals surface area contributed by atoms with Crippen molar-refractivity contribution in [1.82, 2.24) is 15.2 Å². The molecule has 3 amide bonds. The summed E-state index contributed by atoms with van der Waals surface area (Å²) in [5.74, 6) is -0.232. The fourth-order valence-corrected chi connectivity index (χ4v) is 3.51. The topological polar surface area (TPSA) is 124 Å². The van der Waals surface area contributed by atoms with Crippen molar-refractivity contribution >= 4 is 46.4 Å². The van der Waals surface area contributed by atoms with E-state index in [4.69, 9.17) is 5.11 Å². The lowest BCUT2D eigenvalue weighted by Crippen LogP contribution is -2.23. The third-order valence-corrected chi connectivity index (χ3v) is 4.97. The molecule has 1 aromatic carbocycles. The molecule has 0 aliphatic heterocycles. The molecule has 0 bridgehead atoms. The first kappa shape index (κ1) is 22.0. The monoisotopic (exact) mass is 417 g/mol. The lowest BCUT2D eigenvalue weighted by atomic mass is 10.1. The Morgan fingerprint density at radius 1 is 1.21 bits per heavy atom. The number of nitrogens with one attached hydrogen (secondary N) is 2. The highest BCUT2D eigenvalue weighted by atomic mass is 32.1. The van der Waals surface area contributed by atoms with Crippen LogP contribution in [-0.4, -0.2) is 46.3 Å². The van der Waals surface area contributed by atoms with Crippen LogP contribution in [0.4, 0.5) is 15.6 Å². The SMILES string of the molecule is CC(=O)Nc1nc(CCc2ccc(N=CNC(=O)O)cc2)c(CN(C)C(C)=O)s1. The van der Waals surface area contributed by atoms with E-state index in [2.05, 4.69) is 20.6 Å². The first-order valence-electron chi connectivity index (χ1n) is 8.83. The molecule has 0 aliphatic rings. The highest BCUT2D eigenvalue weighted by Crippen LogP contribution is 2.26. The summed E-state index contributed by atoms with van der Waals surface area (Å²) in [5, 5.41) is 13.8. The van der Waals surface area contributed by atoms with Gasteiger partial charge in [-0.2, -0.15) is 0 Å². The summed E-state index contributed by atoms with van der Waals surface area (Å²) >= 11 is 1.37. The van der Waals surface area contributed by atoms with Crippen molar-refractivity contribution in [2.75, 3.05) is 12.4 Å². The van der Waals surface area contributed by atoms with E-state index in [0.29, 0.717) is 23.8 Å². The van der Waals surface area contributed by atoms with Gasteiger partial charge < -0.3 is 15.3 Å². The molecule has 2 rings (SSSR count). The quantitative estimate of drug-likeness (QED) is 0.450. The number of carbonyl (C=O) groups excluding carboxylic acids is 2. The maximum absolute atomic E-state index is 11.6. The van der Waals surface area contributed by atoms with Gasteiger partial charge in [0.2, 0.25) is 11.8 Å². The Labute approximate surface area is 172 Å². The molecule has 0 saturated carbocycles. The Kier molecular flexibility index (Phi) is 7.84. The van der Waals surface area contributed by atoms with Gasteiger partial charge >= 0.3 is 6.09 Å². The van der Waals surface area contributed by atoms with E-state index in [0.717, 1.165) is 28.9 Å². The maximum atomic E-state index is 11.6. The molecule has 0 radical (unpaired) electrons. The van der Waals surface area contributed by atoms with Gasteiger partial charge in [-0.1, -0.05) is 23.5 Å². The molecule has 10 heteroatoms. The number of hydrogen-bond acceptors (Lipinski definition) is 6. The number of aryl methyl sites for hydroxylation is 2. The second kappa shape index (κ2) is 10.3. The van der Waals surface area contributed by atoms with Crippen molar-refractivity contribution in [2.45, 2.75) is 33.2 Å². The number of rotatable bonds is 8. The van der Waals surface area contributed by atoms with E-state index in [1.54, 1.807) is 24.1 Å². The van der Waals surface area contributed by atoms with E-state index in [-0.39, 0.29) is 11.8 Å². The third kappa shape index (κ3) is 7.34. The van der Waals surface area contributed by atoms with Gasteiger partial charge in [0.1, 0.15) is 0 Å². The molecule has 3 N–H and O–H groups in total. The second-order valence-corrected chi connectivity index (χ2v) is 7.40. The zero-order chi connectivity index (χ0) is 21.4. The van der Waals surface area contributed by atoms with Crippen LogP contribution in [0.2, 0.25) is 0 Å². The van der Waals surface area contributed by atoms with Crippen LogP contribution in [0.25, 0.3) is 0 Å². The maximum Gasteiger partial charge on any atom is 0.409 e. The molecular weight excluding hydrogens is 394 g/mol. The summed E-state index contributed by atoms with van der Waals surface area (Å²) in [5.41, 5.74) is 2.54. The van der Waals surface area contributed by atoms with Crippen molar-refractivity contribution in [2.24, 2.45) is 4.99 Å². The van der Waals surface area contributed by atoms with Crippen molar-refractivity contribution in [3.05, 3.63) is 40.4 Å². The van der Waals surface area contributed by atoms with Crippen LogP contribution in [-0.2, 0) is 29.0 Å². The highest BCUT2D eigenvalue weighted by Gasteiger charge is 2.15. The summed E-state index contributed by atoms with van der Waals surface area (Å²) in [6.45, 7) is 3.37. The molecular formula is C19H23N5O4S. The van der Waals surface area contributed by atoms with Crippen molar-refractivity contribution in [1.29, 1.82) is 0 Å². The Morgan fingerprint density at radius 3 is 2.48 bits per heavy atom. The van der Waals surface area contributed by atoms with Gasteiger partial charge in [0.25, 0.3) is 0 Å². The summed E-state index contributed by atoms with van der Waals surface area (Å²) in [6, 6.07) is 7.42. The van der Waals surface area contributed by atoms with Crippen molar-refractivity contribution < 1.29 is 19.5 Å². The first-order chi connectivity index (χ1) is 13.7. The second-order valence-electron chi connectivity index (χ2n) is 6.32. The number of carboxylic acid groups (broad SMARTS) is 1. The fourth-order valence-electron chi connectivity index (χ4n) is 2.41. The van der Waals surface area contributed by atoms with Crippen LogP contribution < -0.4 is 10.6 Å². The van der Waals surface area contributed by atoms with E-state index in [1.165, 1.54) is 25.2 Å². The van der Waals surface area contributed by atoms with Crippen LogP contribution in [0, 0.1) is 0 Å². The Balaban J connectivity index is 2.06. The summed E-state index contributed by atoms with van der Waals surface area (Å²) in [4.78, 5) is 44.3. The summed E-state index contributed by atoms with van der Waals surface area (Å²) in [6.07, 6.45) is 1.32. The molecule has 2 aromatic rings. The summed E-state index contributed by atoms with van der Waals surface area (Å²) < 4.78 is 0. The zero-order valence-corrected chi connectivity index (χ0v) is 17.2. The molecule has 0 saturated heterocycles. The Bertz CT molecular complexity index is 908. The number of nitrogens with zero attached hydrogens (tertiary/aromatic N) is 3. The van der Waals surface area contributed by atoms with Gasteiger partial charge in [0.05, 0.1) is 24.3 Å². The number of thiazole rings is 1. The number of carbonyl (C=O) groups is 3. The van der Waals surface area contributed by atoms with E-state index in [1.807, 2.05) is 12.1 Å². The van der Waals surface area contributed by atoms with Gasteiger partial charge in [-0.25, -0.2) is 14.8 Å². The largest absolute Gasteiger partial charge is 0.465 e. The average molecular weight is 417 g/mol. The number of aromatic nitrogens is 1.